The minimum absolute atomic E-state index is 0. The fraction of sp³-hybridized carbons (Fsp3) is 0.500. The summed E-state index contributed by atoms with van der Waals surface area (Å²) in [5, 5.41) is 10.3. The zero-order chi connectivity index (χ0) is 20.8. The first-order valence-electron chi connectivity index (χ1n) is 10.6. The van der Waals surface area contributed by atoms with E-state index in [1.54, 1.807) is 24.5 Å². The highest BCUT2D eigenvalue weighted by Gasteiger charge is 2.21. The molecular formula is C22H31FIN5OS. The highest BCUT2D eigenvalue weighted by Crippen LogP contribution is 2.25. The summed E-state index contributed by atoms with van der Waals surface area (Å²) >= 11 is 1.80. The Labute approximate surface area is 204 Å². The molecule has 2 aromatic rings. The van der Waals surface area contributed by atoms with Crippen LogP contribution in [0.4, 0.5) is 15.1 Å². The van der Waals surface area contributed by atoms with Crippen LogP contribution in [0.25, 0.3) is 0 Å². The van der Waals surface area contributed by atoms with E-state index >= 15 is 0 Å². The van der Waals surface area contributed by atoms with Crippen molar-refractivity contribution in [2.45, 2.75) is 25.4 Å². The van der Waals surface area contributed by atoms with E-state index in [2.05, 4.69) is 38.0 Å². The minimum atomic E-state index is -0.180. The molecule has 0 unspecified atom stereocenters. The van der Waals surface area contributed by atoms with Gasteiger partial charge >= 0.3 is 0 Å². The van der Waals surface area contributed by atoms with Crippen molar-refractivity contribution < 1.29 is 9.13 Å². The molecule has 31 heavy (non-hydrogen) atoms. The Morgan fingerprint density at radius 3 is 2.58 bits per heavy atom. The van der Waals surface area contributed by atoms with E-state index in [1.807, 2.05) is 17.0 Å². The summed E-state index contributed by atoms with van der Waals surface area (Å²) in [6.07, 6.45) is 2.14. The van der Waals surface area contributed by atoms with E-state index in [-0.39, 0.29) is 29.8 Å². The number of nitrogens with one attached hydrogen (secondary N) is 2. The van der Waals surface area contributed by atoms with Gasteiger partial charge in [0, 0.05) is 45.8 Å². The van der Waals surface area contributed by atoms with Crippen molar-refractivity contribution in [1.29, 1.82) is 0 Å². The number of morpholine rings is 1. The van der Waals surface area contributed by atoms with Crippen LogP contribution in [0.1, 0.15) is 18.4 Å². The second-order valence-corrected chi connectivity index (χ2v) is 8.59. The van der Waals surface area contributed by atoms with Gasteiger partial charge in [-0.2, -0.15) is 0 Å². The van der Waals surface area contributed by atoms with Crippen molar-refractivity contribution in [2.75, 3.05) is 56.2 Å². The van der Waals surface area contributed by atoms with Crippen LogP contribution in [-0.4, -0.2) is 58.4 Å². The smallest absolute Gasteiger partial charge is 0.191 e. The second kappa shape index (κ2) is 11.9. The van der Waals surface area contributed by atoms with Gasteiger partial charge in [0.25, 0.3) is 0 Å². The average molecular weight is 559 g/mol. The van der Waals surface area contributed by atoms with Gasteiger partial charge in [-0.25, -0.2) is 4.39 Å². The third-order valence-corrected chi connectivity index (χ3v) is 6.63. The summed E-state index contributed by atoms with van der Waals surface area (Å²) in [5.74, 6) is 0.585. The number of rotatable bonds is 5. The molecule has 0 saturated carbocycles. The fourth-order valence-corrected chi connectivity index (χ4v) is 4.77. The molecule has 0 radical (unpaired) electrons. The number of piperidine rings is 1. The van der Waals surface area contributed by atoms with Crippen LogP contribution in [0.2, 0.25) is 0 Å². The number of hydrogen-bond acceptors (Lipinski definition) is 5. The Morgan fingerprint density at radius 1 is 1.16 bits per heavy atom. The highest BCUT2D eigenvalue weighted by atomic mass is 127. The third-order valence-electron chi connectivity index (χ3n) is 5.70. The molecular weight excluding hydrogens is 528 g/mol. The Morgan fingerprint density at radius 2 is 1.94 bits per heavy atom. The van der Waals surface area contributed by atoms with E-state index in [0.29, 0.717) is 31.5 Å². The lowest BCUT2D eigenvalue weighted by molar-refractivity contribution is 0.122. The monoisotopic (exact) mass is 559 g/mol. The van der Waals surface area contributed by atoms with Gasteiger partial charge in [-0.3, -0.25) is 4.99 Å². The van der Waals surface area contributed by atoms with Crippen molar-refractivity contribution in [3.8, 4) is 0 Å². The molecule has 0 atom stereocenters. The van der Waals surface area contributed by atoms with E-state index in [9.17, 15) is 4.39 Å². The van der Waals surface area contributed by atoms with Crippen LogP contribution in [0.5, 0.6) is 0 Å². The number of ether oxygens (including phenoxy) is 1. The number of thiophene rings is 1. The van der Waals surface area contributed by atoms with Crippen molar-refractivity contribution in [3.63, 3.8) is 0 Å². The maximum atomic E-state index is 14.6. The topological polar surface area (TPSA) is 52.1 Å². The van der Waals surface area contributed by atoms with Crippen LogP contribution in [0.15, 0.2) is 40.7 Å². The number of nitrogens with zero attached hydrogens (tertiary/aromatic N) is 3. The Hall–Kier alpha value is -1.59. The molecule has 0 aliphatic carbocycles. The maximum absolute atomic E-state index is 14.6. The molecule has 0 amide bonds. The van der Waals surface area contributed by atoms with Crippen LogP contribution in [-0.2, 0) is 11.3 Å². The normalized spacial score (nSPS) is 17.9. The first kappa shape index (κ1) is 24.1. The predicted molar refractivity (Wildman–Crippen MR) is 138 cm³/mol. The molecule has 0 spiro atoms. The summed E-state index contributed by atoms with van der Waals surface area (Å²) in [4.78, 5) is 8.83. The number of anilines is 2. The molecule has 2 saturated heterocycles. The average Bonchev–Trinajstić information content (AvgIpc) is 3.33. The number of benzene rings is 1. The molecule has 2 fully saturated rings. The summed E-state index contributed by atoms with van der Waals surface area (Å²) in [6, 6.07) is 10.1. The van der Waals surface area contributed by atoms with E-state index < -0.39 is 0 Å². The summed E-state index contributed by atoms with van der Waals surface area (Å²) in [7, 11) is 1.78. The molecule has 1 aromatic carbocycles. The lowest BCUT2D eigenvalue weighted by Crippen LogP contribution is -2.48. The fourth-order valence-electron chi connectivity index (χ4n) is 3.99. The Balaban J connectivity index is 0.00000272. The highest BCUT2D eigenvalue weighted by molar-refractivity contribution is 14.0. The number of hydrogen-bond donors (Lipinski definition) is 2. The van der Waals surface area contributed by atoms with Crippen LogP contribution in [0, 0.1) is 5.82 Å². The van der Waals surface area contributed by atoms with Gasteiger partial charge in [-0.15, -0.1) is 35.3 Å². The molecule has 6 nitrogen and oxygen atoms in total. The zero-order valence-corrected chi connectivity index (χ0v) is 21.0. The quantitative estimate of drug-likeness (QED) is 0.333. The molecule has 0 bridgehead atoms. The second-order valence-electron chi connectivity index (χ2n) is 7.67. The van der Waals surface area contributed by atoms with Gasteiger partial charge < -0.3 is 25.2 Å². The molecule has 2 aliphatic heterocycles. The SMILES string of the molecule is CN=C(NCc1ccc(N2CCOCC2)c(F)c1)NC1CCN(c2cccs2)CC1.I. The molecule has 2 N–H and O–H groups in total. The van der Waals surface area contributed by atoms with Crippen LogP contribution < -0.4 is 20.4 Å². The minimum Gasteiger partial charge on any atom is -0.378 e. The maximum Gasteiger partial charge on any atom is 0.191 e. The largest absolute Gasteiger partial charge is 0.378 e. The van der Waals surface area contributed by atoms with Crippen LogP contribution in [0.3, 0.4) is 0 Å². The molecule has 4 rings (SSSR count). The van der Waals surface area contributed by atoms with Crippen molar-refractivity contribution in [3.05, 3.63) is 47.1 Å². The van der Waals surface area contributed by atoms with Gasteiger partial charge in [0.15, 0.2) is 5.96 Å². The lowest BCUT2D eigenvalue weighted by atomic mass is 10.1. The van der Waals surface area contributed by atoms with Gasteiger partial charge in [0.1, 0.15) is 5.82 Å². The summed E-state index contributed by atoms with van der Waals surface area (Å²) < 4.78 is 20.0. The standard InChI is InChI=1S/C22H30FN5OS.HI/c1-24-22(26-18-6-8-28(9-7-18)21-3-2-14-30-21)25-16-17-4-5-20(19(23)15-17)27-10-12-29-13-11-27;/h2-5,14-15,18H,6-13,16H2,1H3,(H2,24,25,26);1H. The summed E-state index contributed by atoms with van der Waals surface area (Å²) in [6.45, 7) is 5.39. The Bertz CT molecular complexity index is 836. The van der Waals surface area contributed by atoms with Gasteiger partial charge in [0.2, 0.25) is 0 Å². The number of halogens is 2. The van der Waals surface area contributed by atoms with Gasteiger partial charge in [-0.1, -0.05) is 6.07 Å². The van der Waals surface area contributed by atoms with Crippen molar-refractivity contribution >= 4 is 52.0 Å². The van der Waals surface area contributed by atoms with Crippen molar-refractivity contribution in [2.24, 2.45) is 4.99 Å². The zero-order valence-electron chi connectivity index (χ0n) is 17.8. The van der Waals surface area contributed by atoms with E-state index in [1.165, 1.54) is 5.00 Å². The first-order valence-corrected chi connectivity index (χ1v) is 11.5. The molecule has 9 heteroatoms. The number of aliphatic imine (C=N–C) groups is 1. The number of guanidine groups is 1. The molecule has 3 heterocycles. The first-order chi connectivity index (χ1) is 14.7. The van der Waals surface area contributed by atoms with Crippen molar-refractivity contribution in [1.82, 2.24) is 10.6 Å². The third kappa shape index (κ3) is 6.45. The van der Waals surface area contributed by atoms with E-state index in [4.69, 9.17) is 4.74 Å². The Kier molecular flexibility index (Phi) is 9.21. The summed E-state index contributed by atoms with van der Waals surface area (Å²) in [5.41, 5.74) is 1.56. The lowest BCUT2D eigenvalue weighted by Gasteiger charge is -2.33. The van der Waals surface area contributed by atoms with Crippen LogP contribution >= 0.6 is 35.3 Å². The van der Waals surface area contributed by atoms with E-state index in [0.717, 1.165) is 50.5 Å². The van der Waals surface area contributed by atoms with Gasteiger partial charge in [-0.05, 0) is 48.1 Å². The van der Waals surface area contributed by atoms with Gasteiger partial charge in [0.05, 0.1) is 23.9 Å². The molecule has 170 valence electrons. The molecule has 2 aliphatic rings. The molecule has 1 aromatic heterocycles. The predicted octanol–water partition coefficient (Wildman–Crippen LogP) is 3.68.